The van der Waals surface area contributed by atoms with Gasteiger partial charge < -0.3 is 24.1 Å². The summed E-state index contributed by atoms with van der Waals surface area (Å²) in [6.07, 6.45) is 0. The molecule has 6 nitrogen and oxygen atoms in total. The highest BCUT2D eigenvalue weighted by molar-refractivity contribution is 5.95. The predicted octanol–water partition coefficient (Wildman–Crippen LogP) is 2.04. The van der Waals surface area contributed by atoms with Gasteiger partial charge >= 0.3 is 0 Å². The molecule has 0 fully saturated rings. The van der Waals surface area contributed by atoms with E-state index in [4.69, 9.17) is 14.2 Å². The molecule has 1 N–H and O–H groups in total. The summed E-state index contributed by atoms with van der Waals surface area (Å²) in [5, 5.41) is 2.92. The molecule has 0 saturated heterocycles. The van der Waals surface area contributed by atoms with Gasteiger partial charge in [-0.2, -0.15) is 0 Å². The summed E-state index contributed by atoms with van der Waals surface area (Å²) in [5.74, 6) is 1.41. The SMILES string of the molecule is COc1cc(C(=O)NCc2ccc(C)n2C)cc2c1OCCO2. The Balaban J connectivity index is 1.78. The van der Waals surface area contributed by atoms with Gasteiger partial charge in [-0.25, -0.2) is 0 Å². The number of aryl methyl sites for hydroxylation is 1. The molecule has 0 aliphatic carbocycles. The second-order valence-corrected chi connectivity index (χ2v) is 5.41. The third-order valence-corrected chi connectivity index (χ3v) is 4.00. The average molecular weight is 316 g/mol. The third-order valence-electron chi connectivity index (χ3n) is 4.00. The minimum atomic E-state index is -0.181. The monoisotopic (exact) mass is 316 g/mol. The van der Waals surface area contributed by atoms with Crippen LogP contribution < -0.4 is 19.5 Å². The fourth-order valence-corrected chi connectivity index (χ4v) is 2.52. The van der Waals surface area contributed by atoms with Crippen LogP contribution in [0.5, 0.6) is 17.2 Å². The van der Waals surface area contributed by atoms with Crippen LogP contribution in [0.3, 0.4) is 0 Å². The Morgan fingerprint density at radius 2 is 2.09 bits per heavy atom. The summed E-state index contributed by atoms with van der Waals surface area (Å²) < 4.78 is 18.4. The Hall–Kier alpha value is -2.63. The van der Waals surface area contributed by atoms with Gasteiger partial charge in [-0.15, -0.1) is 0 Å². The highest BCUT2D eigenvalue weighted by Crippen LogP contribution is 2.40. The fraction of sp³-hybridized carbons (Fsp3) is 0.353. The van der Waals surface area contributed by atoms with Crippen molar-refractivity contribution in [3.05, 3.63) is 41.2 Å². The number of aromatic nitrogens is 1. The van der Waals surface area contributed by atoms with Gasteiger partial charge in [0.2, 0.25) is 5.75 Å². The minimum absolute atomic E-state index is 0.181. The predicted molar refractivity (Wildman–Crippen MR) is 85.3 cm³/mol. The third kappa shape index (κ3) is 2.97. The van der Waals surface area contributed by atoms with E-state index in [-0.39, 0.29) is 5.91 Å². The van der Waals surface area contributed by atoms with E-state index >= 15 is 0 Å². The molecule has 0 saturated carbocycles. The summed E-state index contributed by atoms with van der Waals surface area (Å²) in [7, 11) is 3.52. The molecule has 1 aromatic heterocycles. The van der Waals surface area contributed by atoms with Gasteiger partial charge in [-0.05, 0) is 31.2 Å². The smallest absolute Gasteiger partial charge is 0.251 e. The maximum absolute atomic E-state index is 12.4. The van der Waals surface area contributed by atoms with E-state index < -0.39 is 0 Å². The van der Waals surface area contributed by atoms with Crippen LogP contribution in [-0.4, -0.2) is 30.8 Å². The van der Waals surface area contributed by atoms with Crippen molar-refractivity contribution in [2.75, 3.05) is 20.3 Å². The van der Waals surface area contributed by atoms with Crippen LogP contribution in [0.4, 0.5) is 0 Å². The van der Waals surface area contributed by atoms with E-state index in [2.05, 4.69) is 5.32 Å². The molecule has 2 aromatic rings. The molecule has 3 rings (SSSR count). The summed E-state index contributed by atoms with van der Waals surface area (Å²) in [6, 6.07) is 7.37. The van der Waals surface area contributed by atoms with Crippen LogP contribution in [0.15, 0.2) is 24.3 Å². The molecule has 122 valence electrons. The maximum Gasteiger partial charge on any atom is 0.251 e. The molecule has 1 aliphatic rings. The first-order valence-electron chi connectivity index (χ1n) is 7.47. The summed E-state index contributed by atoms with van der Waals surface area (Å²) in [5.41, 5.74) is 2.67. The molecule has 1 aromatic carbocycles. The lowest BCUT2D eigenvalue weighted by atomic mass is 10.1. The van der Waals surface area contributed by atoms with E-state index in [1.165, 1.54) is 0 Å². The quantitative estimate of drug-likeness (QED) is 0.938. The van der Waals surface area contributed by atoms with Crippen molar-refractivity contribution in [3.63, 3.8) is 0 Å². The van der Waals surface area contributed by atoms with Crippen molar-refractivity contribution < 1.29 is 19.0 Å². The normalized spacial score (nSPS) is 12.8. The van der Waals surface area contributed by atoms with Gasteiger partial charge in [0.15, 0.2) is 11.5 Å². The first-order chi connectivity index (χ1) is 11.1. The van der Waals surface area contributed by atoms with Gasteiger partial charge in [-0.3, -0.25) is 4.79 Å². The molecule has 0 bridgehead atoms. The molecule has 0 atom stereocenters. The molecule has 0 radical (unpaired) electrons. The van der Waals surface area contributed by atoms with Crippen LogP contribution in [-0.2, 0) is 13.6 Å². The lowest BCUT2D eigenvalue weighted by Gasteiger charge is -2.21. The molecule has 1 amide bonds. The van der Waals surface area contributed by atoms with Crippen LogP contribution in [0.25, 0.3) is 0 Å². The Morgan fingerprint density at radius 3 is 2.78 bits per heavy atom. The molecule has 0 spiro atoms. The molecular weight excluding hydrogens is 296 g/mol. The Bertz CT molecular complexity index is 719. The number of methoxy groups -OCH3 is 1. The number of carbonyl (C=O) groups excluding carboxylic acids is 1. The first-order valence-corrected chi connectivity index (χ1v) is 7.47. The topological polar surface area (TPSA) is 61.7 Å². The number of amides is 1. The minimum Gasteiger partial charge on any atom is -0.493 e. The Kier molecular flexibility index (Phi) is 4.14. The number of rotatable bonds is 4. The standard InChI is InChI=1S/C17H20N2O4/c1-11-4-5-13(19(11)2)10-18-17(20)12-8-14(21-3)16-15(9-12)22-6-7-23-16/h4-5,8-9H,6-7,10H2,1-3H3,(H,18,20). The molecule has 23 heavy (non-hydrogen) atoms. The van der Waals surface area contributed by atoms with Gasteiger partial charge in [-0.1, -0.05) is 0 Å². The second kappa shape index (κ2) is 6.24. The highest BCUT2D eigenvalue weighted by Gasteiger charge is 2.20. The van der Waals surface area contributed by atoms with Crippen LogP contribution in [0, 0.1) is 6.92 Å². The number of hydrogen-bond acceptors (Lipinski definition) is 4. The van der Waals surface area contributed by atoms with Gasteiger partial charge in [0.05, 0.1) is 13.7 Å². The molecule has 0 unspecified atom stereocenters. The van der Waals surface area contributed by atoms with Crippen molar-refractivity contribution in [2.45, 2.75) is 13.5 Å². The number of nitrogens with one attached hydrogen (secondary N) is 1. The Labute approximate surface area is 135 Å². The summed E-state index contributed by atoms with van der Waals surface area (Å²) in [4.78, 5) is 12.4. The first kappa shape index (κ1) is 15.3. The van der Waals surface area contributed by atoms with Crippen LogP contribution >= 0.6 is 0 Å². The summed E-state index contributed by atoms with van der Waals surface area (Å²) >= 11 is 0. The molecule has 2 heterocycles. The lowest BCUT2D eigenvalue weighted by molar-refractivity contribution is 0.0948. The zero-order chi connectivity index (χ0) is 16.4. The van der Waals surface area contributed by atoms with E-state index in [0.29, 0.717) is 42.6 Å². The average Bonchev–Trinajstić information content (AvgIpc) is 2.90. The number of benzene rings is 1. The van der Waals surface area contributed by atoms with Gasteiger partial charge in [0, 0.05) is 24.0 Å². The fourth-order valence-electron chi connectivity index (χ4n) is 2.52. The molecule has 1 aliphatic heterocycles. The maximum atomic E-state index is 12.4. The number of hydrogen-bond donors (Lipinski definition) is 1. The number of ether oxygens (including phenoxy) is 3. The number of nitrogens with zero attached hydrogens (tertiary/aromatic N) is 1. The number of carbonyl (C=O) groups is 1. The Morgan fingerprint density at radius 1 is 1.30 bits per heavy atom. The summed E-state index contributed by atoms with van der Waals surface area (Å²) in [6.45, 7) is 3.42. The van der Waals surface area contributed by atoms with E-state index in [0.717, 1.165) is 11.4 Å². The van der Waals surface area contributed by atoms with Crippen molar-refractivity contribution >= 4 is 5.91 Å². The van der Waals surface area contributed by atoms with Crippen LogP contribution in [0.2, 0.25) is 0 Å². The second-order valence-electron chi connectivity index (χ2n) is 5.41. The van der Waals surface area contributed by atoms with Gasteiger partial charge in [0.25, 0.3) is 5.91 Å². The van der Waals surface area contributed by atoms with E-state index in [1.54, 1.807) is 19.2 Å². The van der Waals surface area contributed by atoms with Gasteiger partial charge in [0.1, 0.15) is 13.2 Å². The largest absolute Gasteiger partial charge is 0.493 e. The van der Waals surface area contributed by atoms with E-state index in [9.17, 15) is 4.79 Å². The van der Waals surface area contributed by atoms with E-state index in [1.807, 2.05) is 30.7 Å². The molecular formula is C17H20N2O4. The zero-order valence-electron chi connectivity index (χ0n) is 13.5. The zero-order valence-corrected chi connectivity index (χ0v) is 13.5. The van der Waals surface area contributed by atoms with Crippen molar-refractivity contribution in [1.29, 1.82) is 0 Å². The lowest BCUT2D eigenvalue weighted by Crippen LogP contribution is -2.24. The molecule has 6 heteroatoms. The van der Waals surface area contributed by atoms with Crippen molar-refractivity contribution in [3.8, 4) is 17.2 Å². The van der Waals surface area contributed by atoms with Crippen LogP contribution in [0.1, 0.15) is 21.7 Å². The van der Waals surface area contributed by atoms with Crippen molar-refractivity contribution in [2.24, 2.45) is 7.05 Å². The highest BCUT2D eigenvalue weighted by atomic mass is 16.6. The van der Waals surface area contributed by atoms with Crippen molar-refractivity contribution in [1.82, 2.24) is 9.88 Å². The number of fused-ring (bicyclic) bond motifs is 1.